The molecule has 6 nitrogen and oxygen atoms in total. The van der Waals surface area contributed by atoms with Crippen LogP contribution in [0.4, 0.5) is 0 Å². The molecule has 0 aromatic heterocycles. The molecule has 2 aromatic rings. The number of unbranched alkanes of at least 4 members (excludes halogenated alkanes) is 1. The van der Waals surface area contributed by atoms with Crippen LogP contribution in [0, 0.1) is 0 Å². The van der Waals surface area contributed by atoms with Crippen LogP contribution in [0.25, 0.3) is 12.2 Å². The molecule has 0 spiro atoms. The van der Waals surface area contributed by atoms with E-state index in [0.29, 0.717) is 13.1 Å². The molecule has 0 radical (unpaired) electrons. The molecule has 0 bridgehead atoms. The van der Waals surface area contributed by atoms with Gasteiger partial charge in [-0.05, 0) is 75.1 Å². The fraction of sp³-hybridized carbons (Fsp3) is 0.357. The van der Waals surface area contributed by atoms with Crippen molar-refractivity contribution in [3.63, 3.8) is 0 Å². The highest BCUT2D eigenvalue weighted by Crippen LogP contribution is 2.01. The van der Waals surface area contributed by atoms with Crippen molar-refractivity contribution in [1.82, 2.24) is 21.3 Å². The third-order valence-electron chi connectivity index (χ3n) is 5.07. The molecule has 4 N–H and O–H groups in total. The quantitative estimate of drug-likeness (QED) is 0.215. The van der Waals surface area contributed by atoms with E-state index in [9.17, 15) is 9.59 Å². The van der Waals surface area contributed by atoms with E-state index in [1.165, 1.54) is 0 Å². The first-order chi connectivity index (χ1) is 16.7. The first-order valence-corrected chi connectivity index (χ1v) is 12.2. The van der Waals surface area contributed by atoms with Gasteiger partial charge in [-0.1, -0.05) is 60.7 Å². The van der Waals surface area contributed by atoms with E-state index in [2.05, 4.69) is 21.3 Å². The van der Waals surface area contributed by atoms with Crippen molar-refractivity contribution in [1.29, 1.82) is 0 Å². The van der Waals surface area contributed by atoms with E-state index in [1.54, 1.807) is 12.2 Å². The van der Waals surface area contributed by atoms with Crippen molar-refractivity contribution < 1.29 is 9.59 Å². The smallest absolute Gasteiger partial charge is 0.243 e. The molecule has 0 saturated heterocycles. The summed E-state index contributed by atoms with van der Waals surface area (Å²) >= 11 is 0. The van der Waals surface area contributed by atoms with Gasteiger partial charge in [0.25, 0.3) is 0 Å². The van der Waals surface area contributed by atoms with Crippen molar-refractivity contribution in [2.75, 3.05) is 39.3 Å². The summed E-state index contributed by atoms with van der Waals surface area (Å²) < 4.78 is 0. The third-order valence-corrected chi connectivity index (χ3v) is 5.07. The molecule has 0 heterocycles. The Balaban J connectivity index is 1.32. The topological polar surface area (TPSA) is 82.3 Å². The number of rotatable bonds is 17. The van der Waals surface area contributed by atoms with Gasteiger partial charge in [-0.3, -0.25) is 9.59 Å². The van der Waals surface area contributed by atoms with E-state index in [-0.39, 0.29) is 11.8 Å². The summed E-state index contributed by atoms with van der Waals surface area (Å²) in [5.74, 6) is -0.115. The van der Waals surface area contributed by atoms with Crippen molar-refractivity contribution in [2.24, 2.45) is 0 Å². The van der Waals surface area contributed by atoms with Crippen LogP contribution in [0.3, 0.4) is 0 Å². The normalized spacial score (nSPS) is 11.2. The molecule has 0 atom stereocenters. The molecule has 0 fully saturated rings. The molecule has 0 saturated carbocycles. The largest absolute Gasteiger partial charge is 0.353 e. The lowest BCUT2D eigenvalue weighted by Crippen LogP contribution is -2.27. The Labute approximate surface area is 203 Å². The van der Waals surface area contributed by atoms with Crippen LogP contribution in [0.2, 0.25) is 0 Å². The van der Waals surface area contributed by atoms with Gasteiger partial charge < -0.3 is 21.3 Å². The standard InChI is InChI=1S/C28H38N4O2/c33-27(17-15-25-11-3-1-4-12-25)31-23-9-21-29-19-7-8-20-30-22-10-24-32-28(34)18-16-26-13-5-2-6-14-26/h1-6,11-18,29-30H,7-10,19-24H2,(H,31,33)(H,32,34)/b17-15+,18-16+. The predicted molar refractivity (Wildman–Crippen MR) is 141 cm³/mol. The van der Waals surface area contributed by atoms with Crippen LogP contribution < -0.4 is 21.3 Å². The fourth-order valence-electron chi connectivity index (χ4n) is 3.19. The minimum atomic E-state index is -0.0573. The second-order valence-corrected chi connectivity index (χ2v) is 7.98. The van der Waals surface area contributed by atoms with E-state index in [4.69, 9.17) is 0 Å². The molecule has 2 amide bonds. The summed E-state index contributed by atoms with van der Waals surface area (Å²) in [6, 6.07) is 19.6. The SMILES string of the molecule is O=C(/C=C/c1ccccc1)NCCCNCCCCNCCCNC(=O)/C=C/c1ccccc1. The predicted octanol–water partition coefficient (Wildman–Crippen LogP) is 3.39. The number of nitrogens with one attached hydrogen (secondary N) is 4. The first kappa shape index (κ1) is 27.0. The maximum absolute atomic E-state index is 11.8. The van der Waals surface area contributed by atoms with Gasteiger partial charge in [0, 0.05) is 25.2 Å². The van der Waals surface area contributed by atoms with Gasteiger partial charge in [-0.2, -0.15) is 0 Å². The minimum absolute atomic E-state index is 0.0573. The summed E-state index contributed by atoms with van der Waals surface area (Å²) in [7, 11) is 0. The third kappa shape index (κ3) is 14.0. The summed E-state index contributed by atoms with van der Waals surface area (Å²) in [6.07, 6.45) is 10.8. The Bertz CT molecular complexity index is 793. The Hall–Kier alpha value is -3.22. The number of carbonyl (C=O) groups is 2. The highest BCUT2D eigenvalue weighted by molar-refractivity contribution is 5.92. The van der Waals surface area contributed by atoms with Crippen molar-refractivity contribution in [3.05, 3.63) is 83.9 Å². The summed E-state index contributed by atoms with van der Waals surface area (Å²) in [6.45, 7) is 5.10. The molecule has 0 unspecified atom stereocenters. The van der Waals surface area contributed by atoms with Crippen molar-refractivity contribution in [3.8, 4) is 0 Å². The Morgan fingerprint density at radius 2 is 0.912 bits per heavy atom. The molecule has 2 rings (SSSR count). The fourth-order valence-corrected chi connectivity index (χ4v) is 3.19. The van der Waals surface area contributed by atoms with E-state index < -0.39 is 0 Å². The van der Waals surface area contributed by atoms with Crippen molar-refractivity contribution >= 4 is 24.0 Å². The van der Waals surface area contributed by atoms with E-state index in [0.717, 1.165) is 63.0 Å². The van der Waals surface area contributed by atoms with Crippen molar-refractivity contribution in [2.45, 2.75) is 25.7 Å². The molecule has 0 aliphatic rings. The van der Waals surface area contributed by atoms with Crippen LogP contribution >= 0.6 is 0 Å². The first-order valence-electron chi connectivity index (χ1n) is 12.2. The molecular formula is C28H38N4O2. The summed E-state index contributed by atoms with van der Waals surface area (Å²) in [4.78, 5) is 23.6. The molecule has 0 aliphatic heterocycles. The second kappa shape index (κ2) is 18.2. The lowest BCUT2D eigenvalue weighted by Gasteiger charge is -2.07. The Morgan fingerprint density at radius 3 is 1.32 bits per heavy atom. The average Bonchev–Trinajstić information content (AvgIpc) is 2.87. The van der Waals surface area contributed by atoms with Gasteiger partial charge in [-0.25, -0.2) is 0 Å². The van der Waals surface area contributed by atoms with Gasteiger partial charge in [0.15, 0.2) is 0 Å². The van der Waals surface area contributed by atoms with Gasteiger partial charge >= 0.3 is 0 Å². The minimum Gasteiger partial charge on any atom is -0.353 e. The highest BCUT2D eigenvalue weighted by atomic mass is 16.2. The van der Waals surface area contributed by atoms with Gasteiger partial charge in [0.2, 0.25) is 11.8 Å². The Morgan fingerprint density at radius 1 is 0.529 bits per heavy atom. The zero-order valence-electron chi connectivity index (χ0n) is 20.0. The second-order valence-electron chi connectivity index (χ2n) is 7.98. The monoisotopic (exact) mass is 462 g/mol. The van der Waals surface area contributed by atoms with Crippen LogP contribution in [0.15, 0.2) is 72.8 Å². The van der Waals surface area contributed by atoms with Crippen LogP contribution in [-0.2, 0) is 9.59 Å². The molecule has 0 aliphatic carbocycles. The molecule has 2 aromatic carbocycles. The molecule has 182 valence electrons. The number of hydrogen-bond acceptors (Lipinski definition) is 4. The lowest BCUT2D eigenvalue weighted by molar-refractivity contribution is -0.117. The zero-order valence-corrected chi connectivity index (χ0v) is 20.0. The number of amides is 2. The average molecular weight is 463 g/mol. The number of carbonyl (C=O) groups excluding carboxylic acids is 2. The van der Waals surface area contributed by atoms with Gasteiger partial charge in [-0.15, -0.1) is 0 Å². The molecule has 34 heavy (non-hydrogen) atoms. The maximum atomic E-state index is 11.8. The maximum Gasteiger partial charge on any atom is 0.243 e. The molecular weight excluding hydrogens is 424 g/mol. The van der Waals surface area contributed by atoms with Gasteiger partial charge in [0.05, 0.1) is 0 Å². The van der Waals surface area contributed by atoms with Crippen LogP contribution in [0.1, 0.15) is 36.8 Å². The number of hydrogen-bond donors (Lipinski definition) is 4. The lowest BCUT2D eigenvalue weighted by atomic mass is 10.2. The highest BCUT2D eigenvalue weighted by Gasteiger charge is 1.97. The summed E-state index contributed by atoms with van der Waals surface area (Å²) in [5, 5.41) is 12.6. The summed E-state index contributed by atoms with van der Waals surface area (Å²) in [5.41, 5.74) is 2.04. The van der Waals surface area contributed by atoms with Crippen LogP contribution in [-0.4, -0.2) is 51.1 Å². The van der Waals surface area contributed by atoms with Gasteiger partial charge in [0.1, 0.15) is 0 Å². The van der Waals surface area contributed by atoms with E-state index >= 15 is 0 Å². The number of benzene rings is 2. The Kier molecular flexibility index (Phi) is 14.5. The van der Waals surface area contributed by atoms with E-state index in [1.807, 2.05) is 72.8 Å². The molecule has 6 heteroatoms. The zero-order chi connectivity index (χ0) is 24.1. The van der Waals surface area contributed by atoms with Crippen LogP contribution in [0.5, 0.6) is 0 Å².